The van der Waals surface area contributed by atoms with Crippen LogP contribution < -0.4 is 4.74 Å². The van der Waals surface area contributed by atoms with Crippen LogP contribution in [0, 0.1) is 5.92 Å². The minimum absolute atomic E-state index is 0.00119. The molecule has 0 unspecified atom stereocenters. The number of aliphatic hydroxyl groups excluding tert-OH is 1. The average molecular weight is 208 g/mol. The average Bonchev–Trinajstić information content (AvgIpc) is 3.09. The van der Waals surface area contributed by atoms with Crippen molar-refractivity contribution in [3.63, 3.8) is 0 Å². The molecule has 3 heteroatoms. The van der Waals surface area contributed by atoms with E-state index in [1.165, 1.54) is 12.8 Å². The molecular weight excluding hydrogens is 192 g/mol. The van der Waals surface area contributed by atoms with Crippen LogP contribution in [0.1, 0.15) is 18.4 Å². The standard InChI is InChI=1S/C12H16O3/c13-7-11-3-1-2-4-12(11)15-9-14-8-10-5-6-10/h1-4,10,13H,5-9H2. The molecule has 0 bridgehead atoms. The van der Waals surface area contributed by atoms with E-state index >= 15 is 0 Å². The smallest absolute Gasteiger partial charge is 0.189 e. The van der Waals surface area contributed by atoms with Gasteiger partial charge < -0.3 is 14.6 Å². The van der Waals surface area contributed by atoms with E-state index < -0.39 is 0 Å². The summed E-state index contributed by atoms with van der Waals surface area (Å²) in [5.41, 5.74) is 0.799. The van der Waals surface area contributed by atoms with E-state index in [1.807, 2.05) is 24.3 Å². The van der Waals surface area contributed by atoms with Gasteiger partial charge in [-0.1, -0.05) is 18.2 Å². The summed E-state index contributed by atoms with van der Waals surface area (Å²) in [7, 11) is 0. The number of hydrogen-bond acceptors (Lipinski definition) is 3. The molecule has 0 amide bonds. The van der Waals surface area contributed by atoms with Gasteiger partial charge in [0, 0.05) is 5.56 Å². The number of rotatable bonds is 6. The first-order valence-electron chi connectivity index (χ1n) is 5.29. The molecule has 15 heavy (non-hydrogen) atoms. The first-order chi connectivity index (χ1) is 7.40. The van der Waals surface area contributed by atoms with E-state index in [2.05, 4.69) is 0 Å². The van der Waals surface area contributed by atoms with Gasteiger partial charge in [0.25, 0.3) is 0 Å². The van der Waals surface area contributed by atoms with Crippen LogP contribution in [0.4, 0.5) is 0 Å². The molecule has 3 nitrogen and oxygen atoms in total. The van der Waals surface area contributed by atoms with Gasteiger partial charge in [0.05, 0.1) is 13.2 Å². The molecule has 82 valence electrons. The van der Waals surface area contributed by atoms with Crippen molar-refractivity contribution in [3.05, 3.63) is 29.8 Å². The van der Waals surface area contributed by atoms with Crippen LogP contribution in [0.25, 0.3) is 0 Å². The summed E-state index contributed by atoms with van der Waals surface area (Å²) in [5, 5.41) is 9.05. The van der Waals surface area contributed by atoms with Crippen LogP contribution in [0.5, 0.6) is 5.75 Å². The molecule has 1 saturated carbocycles. The van der Waals surface area contributed by atoms with E-state index in [0.29, 0.717) is 5.75 Å². The number of ether oxygens (including phenoxy) is 2. The quantitative estimate of drug-likeness (QED) is 0.573. The lowest BCUT2D eigenvalue weighted by Crippen LogP contribution is -2.06. The molecule has 0 spiro atoms. The van der Waals surface area contributed by atoms with E-state index in [-0.39, 0.29) is 13.4 Å². The van der Waals surface area contributed by atoms with Crippen LogP contribution >= 0.6 is 0 Å². The maximum absolute atomic E-state index is 9.05. The lowest BCUT2D eigenvalue weighted by atomic mass is 10.2. The highest BCUT2D eigenvalue weighted by atomic mass is 16.7. The number of para-hydroxylation sites is 1. The molecule has 0 atom stereocenters. The van der Waals surface area contributed by atoms with Gasteiger partial charge in [0.2, 0.25) is 0 Å². The second-order valence-corrected chi connectivity index (χ2v) is 3.84. The van der Waals surface area contributed by atoms with Crippen LogP contribution in [0.3, 0.4) is 0 Å². The maximum Gasteiger partial charge on any atom is 0.189 e. The summed E-state index contributed by atoms with van der Waals surface area (Å²) in [5.74, 6) is 1.46. The van der Waals surface area contributed by atoms with Crippen molar-refractivity contribution in [2.45, 2.75) is 19.4 Å². The second-order valence-electron chi connectivity index (χ2n) is 3.84. The number of aliphatic hydroxyl groups is 1. The Kier molecular flexibility index (Phi) is 3.59. The van der Waals surface area contributed by atoms with Gasteiger partial charge in [0.15, 0.2) is 6.79 Å². The van der Waals surface area contributed by atoms with Gasteiger partial charge in [0.1, 0.15) is 5.75 Å². The Balaban J connectivity index is 1.75. The molecule has 0 heterocycles. The van der Waals surface area contributed by atoms with Crippen molar-refractivity contribution in [3.8, 4) is 5.75 Å². The fourth-order valence-corrected chi connectivity index (χ4v) is 1.38. The predicted molar refractivity (Wildman–Crippen MR) is 56.5 cm³/mol. The third-order valence-corrected chi connectivity index (χ3v) is 2.49. The molecule has 1 fully saturated rings. The minimum Gasteiger partial charge on any atom is -0.467 e. The Labute approximate surface area is 89.6 Å². The summed E-state index contributed by atoms with van der Waals surface area (Å²) in [6, 6.07) is 7.45. The van der Waals surface area contributed by atoms with Gasteiger partial charge >= 0.3 is 0 Å². The van der Waals surface area contributed by atoms with Crippen LogP contribution in [-0.4, -0.2) is 18.5 Å². The lowest BCUT2D eigenvalue weighted by Gasteiger charge is -2.09. The first kappa shape index (κ1) is 10.5. The van der Waals surface area contributed by atoms with E-state index in [1.54, 1.807) is 0 Å². The molecule has 1 aliphatic carbocycles. The fraction of sp³-hybridized carbons (Fsp3) is 0.500. The van der Waals surface area contributed by atoms with Crippen molar-refractivity contribution in [1.82, 2.24) is 0 Å². The van der Waals surface area contributed by atoms with E-state index in [0.717, 1.165) is 18.1 Å². The Morgan fingerprint density at radius 1 is 1.27 bits per heavy atom. The molecule has 1 aliphatic rings. The molecule has 2 rings (SSSR count). The third kappa shape index (κ3) is 3.22. The molecule has 1 aromatic rings. The van der Waals surface area contributed by atoms with Gasteiger partial charge in [-0.3, -0.25) is 0 Å². The van der Waals surface area contributed by atoms with Crippen LogP contribution in [-0.2, 0) is 11.3 Å². The Morgan fingerprint density at radius 2 is 2.07 bits per heavy atom. The van der Waals surface area contributed by atoms with Crippen molar-refractivity contribution in [2.75, 3.05) is 13.4 Å². The normalized spacial score (nSPS) is 15.3. The molecule has 1 N–H and O–H groups in total. The number of benzene rings is 1. The van der Waals surface area contributed by atoms with Crippen LogP contribution in [0.15, 0.2) is 24.3 Å². The SMILES string of the molecule is OCc1ccccc1OCOCC1CC1. The molecule has 0 radical (unpaired) electrons. The highest BCUT2D eigenvalue weighted by molar-refractivity contribution is 5.32. The summed E-state index contributed by atoms with van der Waals surface area (Å²) < 4.78 is 10.8. The largest absolute Gasteiger partial charge is 0.467 e. The highest BCUT2D eigenvalue weighted by Gasteiger charge is 2.21. The lowest BCUT2D eigenvalue weighted by molar-refractivity contribution is 0.00891. The first-order valence-corrected chi connectivity index (χ1v) is 5.29. The van der Waals surface area contributed by atoms with Crippen molar-refractivity contribution in [1.29, 1.82) is 0 Å². The van der Waals surface area contributed by atoms with Crippen LogP contribution in [0.2, 0.25) is 0 Å². The monoisotopic (exact) mass is 208 g/mol. The molecule has 0 aromatic heterocycles. The molecular formula is C12H16O3. The second kappa shape index (κ2) is 5.14. The Hall–Kier alpha value is -1.06. The molecule has 1 aromatic carbocycles. The van der Waals surface area contributed by atoms with Gasteiger partial charge in [-0.2, -0.15) is 0 Å². The molecule has 0 aliphatic heterocycles. The third-order valence-electron chi connectivity index (χ3n) is 2.49. The number of hydrogen-bond donors (Lipinski definition) is 1. The maximum atomic E-state index is 9.05. The Morgan fingerprint density at radius 3 is 2.80 bits per heavy atom. The zero-order chi connectivity index (χ0) is 10.5. The van der Waals surface area contributed by atoms with E-state index in [4.69, 9.17) is 14.6 Å². The van der Waals surface area contributed by atoms with Gasteiger partial charge in [-0.15, -0.1) is 0 Å². The summed E-state index contributed by atoms with van der Waals surface area (Å²) in [4.78, 5) is 0. The zero-order valence-electron chi connectivity index (χ0n) is 8.69. The Bertz CT molecular complexity index is 307. The summed E-state index contributed by atoms with van der Waals surface area (Å²) in [6.07, 6.45) is 2.57. The summed E-state index contributed by atoms with van der Waals surface area (Å²) >= 11 is 0. The van der Waals surface area contributed by atoms with Crippen molar-refractivity contribution >= 4 is 0 Å². The minimum atomic E-state index is -0.00119. The predicted octanol–water partition coefficient (Wildman–Crippen LogP) is 1.94. The highest BCUT2D eigenvalue weighted by Crippen LogP contribution is 2.28. The van der Waals surface area contributed by atoms with Gasteiger partial charge in [-0.05, 0) is 24.8 Å². The molecule has 0 saturated heterocycles. The van der Waals surface area contributed by atoms with Gasteiger partial charge in [-0.25, -0.2) is 0 Å². The van der Waals surface area contributed by atoms with Crippen molar-refractivity contribution in [2.24, 2.45) is 5.92 Å². The van der Waals surface area contributed by atoms with E-state index in [9.17, 15) is 0 Å². The fourth-order valence-electron chi connectivity index (χ4n) is 1.38. The topological polar surface area (TPSA) is 38.7 Å². The summed E-state index contributed by atoms with van der Waals surface area (Å²) in [6.45, 7) is 1.06. The van der Waals surface area contributed by atoms with Crippen molar-refractivity contribution < 1.29 is 14.6 Å². The zero-order valence-corrected chi connectivity index (χ0v) is 8.69.